The number of aliphatic hydroxyl groups is 1. The molecule has 0 aliphatic heterocycles. The van der Waals surface area contributed by atoms with Gasteiger partial charge in [-0.3, -0.25) is 9.59 Å². The molecule has 5 nitrogen and oxygen atoms in total. The van der Waals surface area contributed by atoms with E-state index in [1.54, 1.807) is 0 Å². The first-order chi connectivity index (χ1) is 38.6. The van der Waals surface area contributed by atoms with E-state index in [0.717, 1.165) is 89.9 Å². The molecule has 0 saturated carbocycles. The predicted octanol–water partition coefficient (Wildman–Crippen LogP) is 23.2. The molecule has 0 saturated heterocycles. The van der Waals surface area contributed by atoms with Crippen LogP contribution in [0.4, 0.5) is 0 Å². The number of esters is 2. The van der Waals surface area contributed by atoms with E-state index < -0.39 is 6.10 Å². The molecule has 1 N–H and O–H groups in total. The van der Waals surface area contributed by atoms with Gasteiger partial charge in [0.1, 0.15) is 6.61 Å². The van der Waals surface area contributed by atoms with Crippen molar-refractivity contribution in [1.82, 2.24) is 0 Å². The van der Waals surface area contributed by atoms with Crippen LogP contribution in [0.15, 0.2) is 109 Å². The lowest BCUT2D eigenvalue weighted by Crippen LogP contribution is -2.28. The van der Waals surface area contributed by atoms with Gasteiger partial charge in [0.15, 0.2) is 6.10 Å². The maximum absolute atomic E-state index is 12.4. The minimum Gasteiger partial charge on any atom is -0.462 e. The van der Waals surface area contributed by atoms with Gasteiger partial charge in [0.2, 0.25) is 0 Å². The van der Waals surface area contributed by atoms with Gasteiger partial charge in [-0.1, -0.05) is 316 Å². The minimum absolute atomic E-state index is 0.0676. The molecule has 448 valence electrons. The third-order valence-electron chi connectivity index (χ3n) is 14.6. The van der Waals surface area contributed by atoms with E-state index in [9.17, 15) is 14.7 Å². The first kappa shape index (κ1) is 74.6. The Morgan fingerprint density at radius 2 is 0.551 bits per heavy atom. The number of rotatable bonds is 61. The smallest absolute Gasteiger partial charge is 0.306 e. The van der Waals surface area contributed by atoms with Crippen LogP contribution in [0.3, 0.4) is 0 Å². The van der Waals surface area contributed by atoms with Crippen LogP contribution in [0.25, 0.3) is 0 Å². The van der Waals surface area contributed by atoms with Crippen molar-refractivity contribution >= 4 is 11.9 Å². The summed E-state index contributed by atoms with van der Waals surface area (Å²) in [4.78, 5) is 24.6. The molecule has 0 rings (SSSR count). The number of aliphatic hydroxyl groups excluding tert-OH is 1. The Bertz CT molecular complexity index is 1510. The van der Waals surface area contributed by atoms with Crippen molar-refractivity contribution < 1.29 is 24.2 Å². The molecule has 0 fully saturated rings. The van der Waals surface area contributed by atoms with Crippen LogP contribution in [-0.2, 0) is 19.1 Å². The van der Waals surface area contributed by atoms with Gasteiger partial charge in [-0.05, 0) is 103 Å². The summed E-state index contributed by atoms with van der Waals surface area (Å²) in [5.41, 5.74) is 0. The number of carbonyl (C=O) groups is 2. The first-order valence-electron chi connectivity index (χ1n) is 33.4. The molecule has 78 heavy (non-hydrogen) atoms. The molecule has 5 heteroatoms. The van der Waals surface area contributed by atoms with Gasteiger partial charge < -0.3 is 14.6 Å². The van der Waals surface area contributed by atoms with Gasteiger partial charge in [-0.15, -0.1) is 0 Å². The zero-order valence-corrected chi connectivity index (χ0v) is 51.4. The third kappa shape index (κ3) is 65.1. The number of ether oxygens (including phenoxy) is 2. The summed E-state index contributed by atoms with van der Waals surface area (Å²) in [7, 11) is 0. The van der Waals surface area contributed by atoms with Gasteiger partial charge >= 0.3 is 11.9 Å². The number of unbranched alkanes of at least 4 members (excludes halogenated alkanes) is 35. The fourth-order valence-electron chi connectivity index (χ4n) is 9.57. The molecule has 0 aliphatic carbocycles. The number of hydrogen-bond acceptors (Lipinski definition) is 5. The van der Waals surface area contributed by atoms with E-state index in [1.165, 1.54) is 205 Å². The van der Waals surface area contributed by atoms with Crippen molar-refractivity contribution in [3.63, 3.8) is 0 Å². The average Bonchev–Trinajstić information content (AvgIpc) is 3.44. The van der Waals surface area contributed by atoms with Crippen molar-refractivity contribution in [2.45, 2.75) is 328 Å². The summed E-state index contributed by atoms with van der Waals surface area (Å²) >= 11 is 0. The summed E-state index contributed by atoms with van der Waals surface area (Å²) in [6, 6.07) is 0. The molecule has 0 bridgehead atoms. The van der Waals surface area contributed by atoms with E-state index in [4.69, 9.17) is 9.47 Å². The van der Waals surface area contributed by atoms with Crippen LogP contribution in [0.2, 0.25) is 0 Å². The summed E-state index contributed by atoms with van der Waals surface area (Å²) < 4.78 is 10.8. The second-order valence-electron chi connectivity index (χ2n) is 22.2. The van der Waals surface area contributed by atoms with E-state index in [0.29, 0.717) is 12.8 Å². The lowest BCUT2D eigenvalue weighted by Gasteiger charge is -2.15. The van der Waals surface area contributed by atoms with E-state index in [2.05, 4.69) is 123 Å². The van der Waals surface area contributed by atoms with Crippen molar-refractivity contribution in [2.24, 2.45) is 0 Å². The maximum Gasteiger partial charge on any atom is 0.306 e. The van der Waals surface area contributed by atoms with E-state index in [-0.39, 0.29) is 25.2 Å². The minimum atomic E-state index is -0.779. The fourth-order valence-corrected chi connectivity index (χ4v) is 9.57. The molecule has 1 unspecified atom stereocenters. The number of hydrogen-bond donors (Lipinski definition) is 1. The second-order valence-corrected chi connectivity index (χ2v) is 22.2. The van der Waals surface area contributed by atoms with Crippen molar-refractivity contribution in [3.8, 4) is 0 Å². The van der Waals surface area contributed by atoms with Crippen LogP contribution < -0.4 is 0 Å². The van der Waals surface area contributed by atoms with Gasteiger partial charge in [0.05, 0.1) is 6.61 Å². The van der Waals surface area contributed by atoms with Crippen LogP contribution in [0, 0.1) is 0 Å². The molecule has 0 aromatic rings. The highest BCUT2D eigenvalue weighted by Gasteiger charge is 2.16. The fraction of sp³-hybridized carbons (Fsp3) is 0.726. The average molecular weight is 1080 g/mol. The van der Waals surface area contributed by atoms with E-state index >= 15 is 0 Å². The second kappa shape index (κ2) is 67.8. The Labute approximate surface area is 484 Å². The highest BCUT2D eigenvalue weighted by atomic mass is 16.6. The molecule has 0 heterocycles. The van der Waals surface area contributed by atoms with Gasteiger partial charge in [-0.2, -0.15) is 0 Å². The highest BCUT2D eigenvalue weighted by Crippen LogP contribution is 2.17. The molecule has 0 spiro atoms. The lowest BCUT2D eigenvalue weighted by atomic mass is 10.0. The zero-order chi connectivity index (χ0) is 56.2. The molecule has 0 aliphatic rings. The van der Waals surface area contributed by atoms with Gasteiger partial charge in [0.25, 0.3) is 0 Å². The lowest BCUT2D eigenvalue weighted by molar-refractivity contribution is -0.161. The van der Waals surface area contributed by atoms with Crippen LogP contribution in [0.5, 0.6) is 0 Å². The number of allylic oxidation sites excluding steroid dienone is 18. The highest BCUT2D eigenvalue weighted by molar-refractivity contribution is 5.70. The maximum atomic E-state index is 12.4. The van der Waals surface area contributed by atoms with Gasteiger partial charge in [0, 0.05) is 12.8 Å². The summed E-state index contributed by atoms with van der Waals surface area (Å²) in [6.07, 6.45) is 98.1. The SMILES string of the molecule is CC/C=C\C/C=C\C/C=C\C/C=C\C/C=C\C/C=C\C/C=C\CCCCCCCCCCCCCCCC(=O)OC(CO)COC(=O)CCCCCCCCCCCCCCCCCCC/C=C\C/C=C\CCCCCCC. The summed E-state index contributed by atoms with van der Waals surface area (Å²) in [5.74, 6) is -0.583. The standard InChI is InChI=1S/C73H126O5/c1-3-5-7-9-11-13-15-17-19-21-23-25-27-29-31-33-34-35-36-37-38-40-42-44-46-48-50-52-54-56-58-60-62-64-66-68-73(76)78-71(69-74)70-77-72(75)67-65-63-61-59-57-55-53-51-49-47-45-43-41-39-32-30-28-26-24-22-20-18-16-14-12-10-8-6-4-2/h5,7,11,13,16-19,22-25,29,31,34-35,37-38,71,74H,3-4,6,8-10,12,14-15,20-21,26-28,30,32-33,36,39-70H2,1-2H3/b7-5-,13-11-,18-16-,19-17-,24-22-,25-23-,31-29-,35-34-,38-37-. The zero-order valence-electron chi connectivity index (χ0n) is 51.4. The summed E-state index contributed by atoms with van der Waals surface area (Å²) in [5, 5.41) is 9.70. The molecule has 0 radical (unpaired) electrons. The topological polar surface area (TPSA) is 72.8 Å². The largest absolute Gasteiger partial charge is 0.462 e. The Balaban J connectivity index is 3.48. The Hall–Kier alpha value is -3.44. The van der Waals surface area contributed by atoms with E-state index in [1.807, 2.05) is 0 Å². The quantitative estimate of drug-likeness (QED) is 0.0373. The van der Waals surface area contributed by atoms with Crippen LogP contribution in [-0.4, -0.2) is 36.4 Å². The number of carbonyl (C=O) groups excluding carboxylic acids is 2. The Morgan fingerprint density at radius 3 is 0.833 bits per heavy atom. The Kier molecular flexibility index (Phi) is 64.8. The molecular formula is C73H126O5. The summed E-state index contributed by atoms with van der Waals surface area (Å²) in [6.45, 7) is 4.04. The van der Waals surface area contributed by atoms with Crippen molar-refractivity contribution in [2.75, 3.05) is 13.2 Å². The predicted molar refractivity (Wildman–Crippen MR) is 343 cm³/mol. The van der Waals surface area contributed by atoms with Gasteiger partial charge in [-0.25, -0.2) is 0 Å². The first-order valence-corrected chi connectivity index (χ1v) is 33.4. The third-order valence-corrected chi connectivity index (χ3v) is 14.6. The van der Waals surface area contributed by atoms with Crippen LogP contribution in [0.1, 0.15) is 322 Å². The van der Waals surface area contributed by atoms with Crippen molar-refractivity contribution in [1.29, 1.82) is 0 Å². The monoisotopic (exact) mass is 1080 g/mol. The molecule has 0 amide bonds. The molecule has 0 aromatic heterocycles. The molecular weight excluding hydrogens is 957 g/mol. The Morgan fingerprint density at radius 1 is 0.308 bits per heavy atom. The molecule has 0 aromatic carbocycles. The van der Waals surface area contributed by atoms with Crippen LogP contribution >= 0.6 is 0 Å². The normalized spacial score (nSPS) is 12.9. The van der Waals surface area contributed by atoms with Crippen molar-refractivity contribution in [3.05, 3.63) is 109 Å². The molecule has 1 atom stereocenters.